The first-order valence-electron chi connectivity index (χ1n) is 5.25. The van der Waals surface area contributed by atoms with Crippen LogP contribution in [0.5, 0.6) is 0 Å². The molecule has 1 heterocycles. The molecule has 16 heavy (non-hydrogen) atoms. The van der Waals surface area contributed by atoms with Gasteiger partial charge in [0.05, 0.1) is 24.1 Å². The molecule has 0 bridgehead atoms. The Morgan fingerprint density at radius 1 is 1.62 bits per heavy atom. The van der Waals surface area contributed by atoms with E-state index in [1.54, 1.807) is 25.4 Å². The van der Waals surface area contributed by atoms with Crippen molar-refractivity contribution < 1.29 is 14.6 Å². The number of pyridine rings is 1. The van der Waals surface area contributed by atoms with E-state index in [-0.39, 0.29) is 12.6 Å². The summed E-state index contributed by atoms with van der Waals surface area (Å²) in [5.74, 6) is -0.364. The van der Waals surface area contributed by atoms with Crippen LogP contribution in [-0.4, -0.2) is 35.8 Å². The largest absolute Gasteiger partial charge is 0.462 e. The van der Waals surface area contributed by atoms with Crippen LogP contribution < -0.4 is 5.32 Å². The molecule has 0 radical (unpaired) electrons. The Labute approximate surface area is 94.5 Å². The molecule has 0 spiro atoms. The fourth-order valence-corrected chi connectivity index (χ4v) is 1.22. The number of anilines is 1. The van der Waals surface area contributed by atoms with Gasteiger partial charge in [-0.2, -0.15) is 0 Å². The molecule has 88 valence electrons. The van der Waals surface area contributed by atoms with Gasteiger partial charge in [0, 0.05) is 19.3 Å². The van der Waals surface area contributed by atoms with E-state index in [9.17, 15) is 4.79 Å². The summed E-state index contributed by atoms with van der Waals surface area (Å²) < 4.78 is 4.92. The maximum atomic E-state index is 11.6. The number of rotatable bonds is 6. The molecule has 1 rings (SSSR count). The molecular weight excluding hydrogens is 208 g/mol. The molecule has 0 aliphatic rings. The Kier molecular flexibility index (Phi) is 5.28. The summed E-state index contributed by atoms with van der Waals surface area (Å²) in [7, 11) is 0. The summed E-state index contributed by atoms with van der Waals surface area (Å²) in [5, 5.41) is 11.7. The van der Waals surface area contributed by atoms with Crippen LogP contribution in [0.1, 0.15) is 23.7 Å². The van der Waals surface area contributed by atoms with Gasteiger partial charge in [-0.15, -0.1) is 0 Å². The number of esters is 1. The van der Waals surface area contributed by atoms with Gasteiger partial charge in [-0.3, -0.25) is 4.98 Å². The molecule has 0 aromatic carbocycles. The normalized spacial score (nSPS) is 9.88. The highest BCUT2D eigenvalue weighted by Crippen LogP contribution is 2.14. The van der Waals surface area contributed by atoms with Gasteiger partial charge in [0.25, 0.3) is 0 Å². The van der Waals surface area contributed by atoms with Gasteiger partial charge >= 0.3 is 5.97 Å². The van der Waals surface area contributed by atoms with E-state index in [4.69, 9.17) is 9.84 Å². The van der Waals surface area contributed by atoms with Crippen molar-refractivity contribution in [2.75, 3.05) is 25.1 Å². The summed E-state index contributed by atoms with van der Waals surface area (Å²) in [6, 6.07) is 1.61. The van der Waals surface area contributed by atoms with Crippen LogP contribution in [0.3, 0.4) is 0 Å². The van der Waals surface area contributed by atoms with Gasteiger partial charge in [-0.25, -0.2) is 4.79 Å². The number of aliphatic hydroxyl groups excluding tert-OH is 1. The van der Waals surface area contributed by atoms with E-state index < -0.39 is 0 Å². The number of aliphatic hydroxyl groups is 1. The first-order valence-corrected chi connectivity index (χ1v) is 5.25. The zero-order valence-electron chi connectivity index (χ0n) is 9.27. The number of hydrogen-bond donors (Lipinski definition) is 2. The van der Waals surface area contributed by atoms with Gasteiger partial charge in [-0.1, -0.05) is 0 Å². The lowest BCUT2D eigenvalue weighted by Gasteiger charge is -2.09. The van der Waals surface area contributed by atoms with Gasteiger partial charge < -0.3 is 15.2 Å². The van der Waals surface area contributed by atoms with Crippen molar-refractivity contribution in [1.82, 2.24) is 4.98 Å². The number of nitrogens with one attached hydrogen (secondary N) is 1. The second-order valence-corrected chi connectivity index (χ2v) is 3.15. The minimum absolute atomic E-state index is 0.113. The van der Waals surface area contributed by atoms with E-state index in [1.807, 2.05) is 0 Å². The maximum Gasteiger partial charge on any atom is 0.340 e. The maximum absolute atomic E-state index is 11.6. The van der Waals surface area contributed by atoms with Crippen LogP contribution in [-0.2, 0) is 4.74 Å². The van der Waals surface area contributed by atoms with Crippen molar-refractivity contribution in [2.24, 2.45) is 0 Å². The first-order chi connectivity index (χ1) is 7.79. The second kappa shape index (κ2) is 6.79. The highest BCUT2D eigenvalue weighted by molar-refractivity contribution is 5.95. The average Bonchev–Trinajstić information content (AvgIpc) is 2.30. The van der Waals surface area contributed by atoms with E-state index in [0.717, 1.165) is 0 Å². The highest BCUT2D eigenvalue weighted by Gasteiger charge is 2.11. The van der Waals surface area contributed by atoms with Crippen molar-refractivity contribution in [3.8, 4) is 0 Å². The average molecular weight is 224 g/mol. The highest BCUT2D eigenvalue weighted by atomic mass is 16.5. The quantitative estimate of drug-likeness (QED) is 0.558. The fourth-order valence-electron chi connectivity index (χ4n) is 1.22. The Hall–Kier alpha value is -1.62. The first kappa shape index (κ1) is 12.4. The summed E-state index contributed by atoms with van der Waals surface area (Å²) >= 11 is 0. The zero-order chi connectivity index (χ0) is 11.8. The lowest BCUT2D eigenvalue weighted by molar-refractivity contribution is 0.0527. The molecule has 0 atom stereocenters. The lowest BCUT2D eigenvalue weighted by atomic mass is 10.2. The minimum atomic E-state index is -0.364. The molecule has 1 aromatic heterocycles. The van der Waals surface area contributed by atoms with E-state index in [2.05, 4.69) is 10.3 Å². The number of ether oxygens (including phenoxy) is 1. The Morgan fingerprint density at radius 2 is 2.44 bits per heavy atom. The molecule has 0 saturated carbocycles. The molecule has 5 nitrogen and oxygen atoms in total. The van der Waals surface area contributed by atoms with Crippen LogP contribution >= 0.6 is 0 Å². The van der Waals surface area contributed by atoms with Gasteiger partial charge in [0.2, 0.25) is 0 Å². The third-order valence-electron chi connectivity index (χ3n) is 1.97. The Bertz CT molecular complexity index is 342. The van der Waals surface area contributed by atoms with Crippen molar-refractivity contribution in [3.05, 3.63) is 24.0 Å². The number of nitrogens with zero attached hydrogens (tertiary/aromatic N) is 1. The Balaban J connectivity index is 2.71. The monoisotopic (exact) mass is 224 g/mol. The molecular formula is C11H16N2O3. The molecule has 0 aliphatic carbocycles. The summed E-state index contributed by atoms with van der Waals surface area (Å²) in [5.41, 5.74) is 1.10. The molecule has 2 N–H and O–H groups in total. The summed E-state index contributed by atoms with van der Waals surface area (Å²) in [6.07, 6.45) is 3.74. The van der Waals surface area contributed by atoms with Crippen LogP contribution in [0, 0.1) is 0 Å². The van der Waals surface area contributed by atoms with Gasteiger partial charge in [0.1, 0.15) is 0 Å². The van der Waals surface area contributed by atoms with Crippen molar-refractivity contribution in [1.29, 1.82) is 0 Å². The summed E-state index contributed by atoms with van der Waals surface area (Å²) in [4.78, 5) is 15.5. The minimum Gasteiger partial charge on any atom is -0.462 e. The van der Waals surface area contributed by atoms with Crippen LogP contribution in [0.4, 0.5) is 5.69 Å². The van der Waals surface area contributed by atoms with E-state index in [1.165, 1.54) is 0 Å². The lowest BCUT2D eigenvalue weighted by Crippen LogP contribution is -2.11. The van der Waals surface area contributed by atoms with Crippen LogP contribution in [0.15, 0.2) is 18.5 Å². The number of carbonyl (C=O) groups excluding carboxylic acids is 1. The standard InChI is InChI=1S/C11H16N2O3/c1-2-16-11(15)9-4-6-12-8-10(9)13-5-3-7-14/h4,6,8,13-14H,2-3,5,7H2,1H3. The topological polar surface area (TPSA) is 71.5 Å². The zero-order valence-corrected chi connectivity index (χ0v) is 9.27. The van der Waals surface area contributed by atoms with Crippen molar-refractivity contribution >= 4 is 11.7 Å². The third-order valence-corrected chi connectivity index (χ3v) is 1.97. The molecule has 1 aromatic rings. The molecule has 0 aliphatic heterocycles. The number of carbonyl (C=O) groups is 1. The molecule has 0 unspecified atom stereocenters. The predicted molar refractivity (Wildman–Crippen MR) is 60.4 cm³/mol. The van der Waals surface area contributed by atoms with Crippen molar-refractivity contribution in [2.45, 2.75) is 13.3 Å². The van der Waals surface area contributed by atoms with Crippen LogP contribution in [0.25, 0.3) is 0 Å². The predicted octanol–water partition coefficient (Wildman–Crippen LogP) is 1.05. The van der Waals surface area contributed by atoms with Crippen molar-refractivity contribution in [3.63, 3.8) is 0 Å². The molecule has 0 amide bonds. The second-order valence-electron chi connectivity index (χ2n) is 3.15. The Morgan fingerprint density at radius 3 is 3.12 bits per heavy atom. The molecule has 5 heteroatoms. The van der Waals surface area contributed by atoms with Gasteiger partial charge in [-0.05, 0) is 19.4 Å². The van der Waals surface area contributed by atoms with E-state index in [0.29, 0.717) is 30.8 Å². The van der Waals surface area contributed by atoms with Crippen LogP contribution in [0.2, 0.25) is 0 Å². The third kappa shape index (κ3) is 3.51. The SMILES string of the molecule is CCOC(=O)c1ccncc1NCCCO. The fraction of sp³-hybridized carbons (Fsp3) is 0.455. The molecule has 0 fully saturated rings. The van der Waals surface area contributed by atoms with E-state index >= 15 is 0 Å². The molecule has 0 saturated heterocycles. The van der Waals surface area contributed by atoms with Gasteiger partial charge in [0.15, 0.2) is 0 Å². The number of aromatic nitrogens is 1. The number of hydrogen-bond acceptors (Lipinski definition) is 5. The summed E-state index contributed by atoms with van der Waals surface area (Å²) in [6.45, 7) is 2.81. The smallest absolute Gasteiger partial charge is 0.340 e.